The van der Waals surface area contributed by atoms with E-state index in [1.54, 1.807) is 4.90 Å². The number of fused-ring (bicyclic) bond motifs is 2. The van der Waals surface area contributed by atoms with Gasteiger partial charge in [0, 0.05) is 24.9 Å². The van der Waals surface area contributed by atoms with E-state index in [0.29, 0.717) is 24.9 Å². The van der Waals surface area contributed by atoms with E-state index in [1.807, 2.05) is 0 Å². The largest absolute Gasteiger partial charge is 0.420 e. The highest BCUT2D eigenvalue weighted by Gasteiger charge is 2.49. The number of aromatic nitrogens is 2. The quantitative estimate of drug-likeness (QED) is 0.530. The number of rotatable bonds is 4. The number of ether oxygens (including phenoxy) is 1. The van der Waals surface area contributed by atoms with E-state index in [9.17, 15) is 23.2 Å². The zero-order chi connectivity index (χ0) is 24.9. The van der Waals surface area contributed by atoms with Crippen molar-refractivity contribution in [2.75, 3.05) is 6.54 Å². The first-order valence-electron chi connectivity index (χ1n) is 11.1. The molecule has 0 N–H and O–H groups in total. The summed E-state index contributed by atoms with van der Waals surface area (Å²) >= 11 is 0. The van der Waals surface area contributed by atoms with Crippen molar-refractivity contribution in [1.82, 2.24) is 14.7 Å². The highest BCUT2D eigenvalue weighted by Crippen LogP contribution is 2.46. The molecule has 3 heterocycles. The van der Waals surface area contributed by atoms with Crippen LogP contribution in [0.3, 0.4) is 0 Å². The molecule has 0 saturated carbocycles. The number of nitrogens with zero attached hydrogens (tertiary/aromatic N) is 3. The molecule has 1 saturated heterocycles. The second-order valence-electron chi connectivity index (χ2n) is 8.60. The molecule has 1 fully saturated rings. The Morgan fingerprint density at radius 1 is 1.11 bits per heavy atom. The number of amides is 1. The van der Waals surface area contributed by atoms with E-state index >= 15 is 4.39 Å². The van der Waals surface area contributed by atoms with E-state index in [0.717, 1.165) is 19.2 Å². The van der Waals surface area contributed by atoms with Crippen LogP contribution in [0.2, 0.25) is 0 Å². The minimum atomic E-state index is -1.08. The smallest absolute Gasteiger partial charge is 0.308 e. The summed E-state index contributed by atoms with van der Waals surface area (Å²) in [4.78, 5) is 39.2. The molecule has 0 radical (unpaired) electrons. The summed E-state index contributed by atoms with van der Waals surface area (Å²) < 4.78 is 49.7. The topological polar surface area (TPSA) is 81.5 Å². The zero-order valence-electron chi connectivity index (χ0n) is 18.6. The molecule has 0 aliphatic carbocycles. The van der Waals surface area contributed by atoms with Gasteiger partial charge in [0.25, 0.3) is 5.91 Å². The first-order valence-corrected chi connectivity index (χ1v) is 11.1. The Kier molecular flexibility index (Phi) is 5.66. The van der Waals surface area contributed by atoms with Crippen LogP contribution < -0.4 is 10.2 Å². The maximum absolute atomic E-state index is 15.2. The predicted molar refractivity (Wildman–Crippen MR) is 118 cm³/mol. The average Bonchev–Trinajstić information content (AvgIpc) is 3.31. The Bertz CT molecular complexity index is 1390. The summed E-state index contributed by atoms with van der Waals surface area (Å²) in [6.07, 6.45) is 2.11. The Morgan fingerprint density at radius 2 is 1.86 bits per heavy atom. The summed E-state index contributed by atoms with van der Waals surface area (Å²) in [5, 5.41) is 4.20. The van der Waals surface area contributed by atoms with Gasteiger partial charge in [0.2, 0.25) is 11.2 Å². The van der Waals surface area contributed by atoms with Crippen LogP contribution in [0, 0.1) is 17.5 Å². The van der Waals surface area contributed by atoms with Crippen molar-refractivity contribution >= 4 is 11.9 Å². The number of hydrogen-bond acceptors (Lipinski definition) is 5. The van der Waals surface area contributed by atoms with Crippen molar-refractivity contribution in [3.05, 3.63) is 93.2 Å². The van der Waals surface area contributed by atoms with Crippen LogP contribution in [0.4, 0.5) is 13.2 Å². The van der Waals surface area contributed by atoms with Crippen molar-refractivity contribution in [1.29, 1.82) is 0 Å². The summed E-state index contributed by atoms with van der Waals surface area (Å²) in [6.45, 7) is 1.47. The van der Waals surface area contributed by atoms with Crippen LogP contribution in [0.15, 0.2) is 53.5 Å². The minimum absolute atomic E-state index is 0.0108. The van der Waals surface area contributed by atoms with Crippen molar-refractivity contribution in [3.63, 3.8) is 0 Å². The third-order valence-corrected chi connectivity index (χ3v) is 6.54. The van der Waals surface area contributed by atoms with Gasteiger partial charge in [0.05, 0.1) is 18.3 Å². The molecule has 1 aromatic heterocycles. The molecule has 5 rings (SSSR count). The standard InChI is InChI=1S/C25H20F3N3O4/c1-13(32)35-24-19(33)12-29-31-22(18-6-3-11-30(18)25(34)23(24)31)20(14-7-9-15(26)10-8-14)16-4-2-5-17(27)21(16)28/h2,4-5,7-10,12,18,20,22H,3,6,11H2,1H3/t18-,20?,22-/m1/s1. The SMILES string of the molecule is CC(=O)Oc1c2n(ncc1=O)[C@@H](C(c1ccc(F)cc1)c1cccc(F)c1F)[C@H]1CCCN1C2=O. The van der Waals surface area contributed by atoms with Crippen LogP contribution >= 0.6 is 0 Å². The molecule has 35 heavy (non-hydrogen) atoms. The molecule has 0 spiro atoms. The second-order valence-corrected chi connectivity index (χ2v) is 8.60. The highest BCUT2D eigenvalue weighted by molar-refractivity contribution is 5.97. The van der Waals surface area contributed by atoms with Gasteiger partial charge in [-0.05, 0) is 36.6 Å². The molecule has 10 heteroatoms. The molecule has 7 nitrogen and oxygen atoms in total. The van der Waals surface area contributed by atoms with E-state index in [1.165, 1.54) is 41.1 Å². The molecule has 3 aromatic rings. The molecular weight excluding hydrogens is 463 g/mol. The zero-order valence-corrected chi connectivity index (χ0v) is 18.6. The number of halogens is 3. The Labute approximate surface area is 197 Å². The lowest BCUT2D eigenvalue weighted by Gasteiger charge is -2.42. The van der Waals surface area contributed by atoms with Gasteiger partial charge < -0.3 is 9.64 Å². The fourth-order valence-electron chi connectivity index (χ4n) is 5.17. The Hall–Kier alpha value is -3.95. The maximum Gasteiger partial charge on any atom is 0.308 e. The fraction of sp³-hybridized carbons (Fsp3) is 0.280. The molecule has 0 bridgehead atoms. The Balaban J connectivity index is 1.81. The molecule has 2 aliphatic rings. The fourth-order valence-corrected chi connectivity index (χ4v) is 5.17. The van der Waals surface area contributed by atoms with Crippen LogP contribution in [-0.4, -0.2) is 39.1 Å². The number of carbonyl (C=O) groups excluding carboxylic acids is 2. The monoisotopic (exact) mass is 483 g/mol. The summed E-state index contributed by atoms with van der Waals surface area (Å²) in [6, 6.07) is 7.87. The number of esters is 1. The van der Waals surface area contributed by atoms with Gasteiger partial charge in [-0.3, -0.25) is 14.4 Å². The third kappa shape index (κ3) is 3.78. The van der Waals surface area contributed by atoms with Gasteiger partial charge in [0.1, 0.15) is 5.82 Å². The number of benzene rings is 2. The molecular formula is C25H20F3N3O4. The highest BCUT2D eigenvalue weighted by atomic mass is 19.2. The van der Waals surface area contributed by atoms with Gasteiger partial charge in [-0.25, -0.2) is 17.9 Å². The van der Waals surface area contributed by atoms with Gasteiger partial charge in [-0.2, -0.15) is 5.10 Å². The van der Waals surface area contributed by atoms with E-state index in [-0.39, 0.29) is 11.3 Å². The number of carbonyl (C=O) groups is 2. The number of hydrogen-bond donors (Lipinski definition) is 0. The van der Waals surface area contributed by atoms with Crippen LogP contribution in [0.25, 0.3) is 0 Å². The third-order valence-electron chi connectivity index (χ3n) is 6.54. The Morgan fingerprint density at radius 3 is 2.57 bits per heavy atom. The van der Waals surface area contributed by atoms with E-state index in [2.05, 4.69) is 5.10 Å². The average molecular weight is 483 g/mol. The van der Waals surface area contributed by atoms with Crippen LogP contribution in [0.1, 0.15) is 53.3 Å². The van der Waals surface area contributed by atoms with E-state index in [4.69, 9.17) is 4.74 Å². The van der Waals surface area contributed by atoms with E-state index < -0.39 is 58.5 Å². The van der Waals surface area contributed by atoms with Gasteiger partial charge >= 0.3 is 5.97 Å². The van der Waals surface area contributed by atoms with Crippen LogP contribution in [0.5, 0.6) is 5.75 Å². The minimum Gasteiger partial charge on any atom is -0.420 e. The maximum atomic E-state index is 15.2. The lowest BCUT2D eigenvalue weighted by Crippen LogP contribution is -2.51. The normalized spacial score (nSPS) is 19.8. The summed E-state index contributed by atoms with van der Waals surface area (Å²) in [7, 11) is 0. The molecule has 2 aliphatic heterocycles. The van der Waals surface area contributed by atoms with Crippen LogP contribution in [-0.2, 0) is 4.79 Å². The van der Waals surface area contributed by atoms with Crippen molar-refractivity contribution in [2.24, 2.45) is 0 Å². The molecule has 1 amide bonds. The molecule has 180 valence electrons. The lowest BCUT2D eigenvalue weighted by atomic mass is 9.79. The molecule has 3 atom stereocenters. The predicted octanol–water partition coefficient (Wildman–Crippen LogP) is 3.58. The van der Waals surface area contributed by atoms with Gasteiger partial charge in [0.15, 0.2) is 17.3 Å². The van der Waals surface area contributed by atoms with Crippen molar-refractivity contribution < 1.29 is 27.5 Å². The lowest BCUT2D eigenvalue weighted by molar-refractivity contribution is -0.132. The summed E-state index contributed by atoms with van der Waals surface area (Å²) in [5.41, 5.74) is -0.544. The van der Waals surface area contributed by atoms with Gasteiger partial charge in [-0.15, -0.1) is 0 Å². The van der Waals surface area contributed by atoms with Crippen molar-refractivity contribution in [3.8, 4) is 5.75 Å². The van der Waals surface area contributed by atoms with Crippen molar-refractivity contribution in [2.45, 2.75) is 37.8 Å². The first-order chi connectivity index (χ1) is 16.8. The van der Waals surface area contributed by atoms with Gasteiger partial charge in [-0.1, -0.05) is 24.3 Å². The summed E-state index contributed by atoms with van der Waals surface area (Å²) in [5.74, 6) is -5.36. The first kappa shape index (κ1) is 22.8. The second kappa shape index (κ2) is 8.68. The molecule has 2 aromatic carbocycles. The molecule has 1 unspecified atom stereocenters.